The Morgan fingerprint density at radius 2 is 2.00 bits per heavy atom. The zero-order valence-corrected chi connectivity index (χ0v) is 15.8. The zero-order chi connectivity index (χ0) is 14.5. The number of carbonyl (C=O) groups excluding carboxylic acids is 1. The maximum absolute atomic E-state index is 12.5. The molecule has 6 heteroatoms. The first-order valence-corrected chi connectivity index (χ1v) is 8.26. The molecule has 0 saturated carbocycles. The molecule has 3 atom stereocenters. The van der Waals surface area contributed by atoms with Crippen molar-refractivity contribution >= 4 is 30.7 Å². The molecule has 2 rings (SSSR count). The SMILES string of the molecule is C[C@H]1C[C@@H](C(=O)N(C)CCC2CCCCN2C)CCN1.Cl.Cl. The van der Waals surface area contributed by atoms with Gasteiger partial charge in [-0.1, -0.05) is 6.42 Å². The number of hydrogen-bond donors (Lipinski definition) is 1. The van der Waals surface area contributed by atoms with Crippen LogP contribution in [0.5, 0.6) is 0 Å². The number of halogens is 2. The summed E-state index contributed by atoms with van der Waals surface area (Å²) in [5.74, 6) is 0.595. The van der Waals surface area contributed by atoms with E-state index in [0.29, 0.717) is 18.0 Å². The van der Waals surface area contributed by atoms with Crippen LogP contribution >= 0.6 is 24.8 Å². The molecule has 22 heavy (non-hydrogen) atoms. The molecule has 1 amide bonds. The molecule has 1 unspecified atom stereocenters. The Kier molecular flexibility index (Phi) is 10.7. The number of nitrogens with zero attached hydrogens (tertiary/aromatic N) is 2. The Labute approximate surface area is 148 Å². The third-order valence-electron chi connectivity index (χ3n) is 5.07. The van der Waals surface area contributed by atoms with Gasteiger partial charge in [0.2, 0.25) is 5.91 Å². The molecular formula is C16H33Cl2N3O. The van der Waals surface area contributed by atoms with Crippen LogP contribution < -0.4 is 5.32 Å². The van der Waals surface area contributed by atoms with Gasteiger partial charge in [0, 0.05) is 31.6 Å². The van der Waals surface area contributed by atoms with Crippen molar-refractivity contribution in [1.29, 1.82) is 0 Å². The first-order valence-electron chi connectivity index (χ1n) is 8.26. The molecule has 2 heterocycles. The van der Waals surface area contributed by atoms with Crippen molar-refractivity contribution in [3.63, 3.8) is 0 Å². The van der Waals surface area contributed by atoms with Gasteiger partial charge < -0.3 is 15.1 Å². The molecule has 0 aromatic rings. The first-order chi connectivity index (χ1) is 9.58. The maximum atomic E-state index is 12.5. The molecule has 2 saturated heterocycles. The average Bonchev–Trinajstić information content (AvgIpc) is 2.45. The summed E-state index contributed by atoms with van der Waals surface area (Å²) in [6.07, 6.45) is 7.08. The van der Waals surface area contributed by atoms with E-state index in [9.17, 15) is 4.79 Å². The standard InChI is InChI=1S/C16H31N3O.2ClH/c1-13-12-14(7-9-17-13)16(20)19(3)11-8-15-6-4-5-10-18(15)2;;/h13-15,17H,4-12H2,1-3H3;2*1H/t13-,14-,15?;;/m0../s1. The molecule has 1 N–H and O–H groups in total. The van der Waals surface area contributed by atoms with E-state index >= 15 is 0 Å². The van der Waals surface area contributed by atoms with Crippen LogP contribution in [0, 0.1) is 5.92 Å². The smallest absolute Gasteiger partial charge is 0.225 e. The number of rotatable bonds is 4. The van der Waals surface area contributed by atoms with Crippen molar-refractivity contribution in [2.75, 3.05) is 33.7 Å². The summed E-state index contributed by atoms with van der Waals surface area (Å²) >= 11 is 0. The lowest BCUT2D eigenvalue weighted by Gasteiger charge is -2.35. The molecule has 0 bridgehead atoms. The summed E-state index contributed by atoms with van der Waals surface area (Å²) in [4.78, 5) is 16.9. The van der Waals surface area contributed by atoms with Crippen LogP contribution in [-0.2, 0) is 4.79 Å². The number of carbonyl (C=O) groups is 1. The molecule has 0 spiro atoms. The number of nitrogens with one attached hydrogen (secondary N) is 1. The van der Waals surface area contributed by atoms with Gasteiger partial charge in [-0.25, -0.2) is 0 Å². The highest BCUT2D eigenvalue weighted by Crippen LogP contribution is 2.20. The van der Waals surface area contributed by atoms with E-state index < -0.39 is 0 Å². The lowest BCUT2D eigenvalue weighted by Crippen LogP contribution is -2.44. The molecule has 132 valence electrons. The largest absolute Gasteiger partial charge is 0.345 e. The zero-order valence-electron chi connectivity index (χ0n) is 14.2. The number of hydrogen-bond acceptors (Lipinski definition) is 3. The highest BCUT2D eigenvalue weighted by molar-refractivity contribution is 5.85. The fourth-order valence-corrected chi connectivity index (χ4v) is 3.63. The second-order valence-electron chi connectivity index (χ2n) is 6.76. The van der Waals surface area contributed by atoms with E-state index in [0.717, 1.165) is 32.4 Å². The van der Waals surface area contributed by atoms with Gasteiger partial charge in [0.05, 0.1) is 0 Å². The van der Waals surface area contributed by atoms with Gasteiger partial charge in [0.15, 0.2) is 0 Å². The van der Waals surface area contributed by atoms with Gasteiger partial charge >= 0.3 is 0 Å². The Bertz CT molecular complexity index is 331. The van der Waals surface area contributed by atoms with E-state index in [4.69, 9.17) is 0 Å². The van der Waals surface area contributed by atoms with Crippen molar-refractivity contribution in [2.45, 2.75) is 57.5 Å². The van der Waals surface area contributed by atoms with Gasteiger partial charge in [0.1, 0.15) is 0 Å². The Balaban J connectivity index is 0.00000220. The quantitative estimate of drug-likeness (QED) is 0.843. The minimum atomic E-state index is 0. The van der Waals surface area contributed by atoms with Gasteiger partial charge in [-0.2, -0.15) is 0 Å². The van der Waals surface area contributed by atoms with E-state index in [2.05, 4.69) is 24.2 Å². The topological polar surface area (TPSA) is 35.6 Å². The Morgan fingerprint density at radius 1 is 1.27 bits per heavy atom. The van der Waals surface area contributed by atoms with Crippen molar-refractivity contribution < 1.29 is 4.79 Å². The summed E-state index contributed by atoms with van der Waals surface area (Å²) in [7, 11) is 4.21. The van der Waals surface area contributed by atoms with E-state index in [1.165, 1.54) is 25.8 Å². The normalized spacial score (nSPS) is 29.1. The lowest BCUT2D eigenvalue weighted by atomic mass is 9.92. The minimum Gasteiger partial charge on any atom is -0.345 e. The average molecular weight is 354 g/mol. The van der Waals surface area contributed by atoms with Crippen LogP contribution in [0.4, 0.5) is 0 Å². The van der Waals surface area contributed by atoms with Crippen LogP contribution in [0.25, 0.3) is 0 Å². The molecule has 0 aromatic carbocycles. The molecule has 0 aromatic heterocycles. The predicted octanol–water partition coefficient (Wildman–Crippen LogP) is 2.55. The number of amides is 1. The van der Waals surface area contributed by atoms with Gasteiger partial charge in [0.25, 0.3) is 0 Å². The van der Waals surface area contributed by atoms with Crippen molar-refractivity contribution in [2.24, 2.45) is 5.92 Å². The minimum absolute atomic E-state index is 0. The lowest BCUT2D eigenvalue weighted by molar-refractivity contribution is -0.135. The highest BCUT2D eigenvalue weighted by atomic mass is 35.5. The molecule has 2 fully saturated rings. The van der Waals surface area contributed by atoms with E-state index in [1.54, 1.807) is 0 Å². The summed E-state index contributed by atoms with van der Waals surface area (Å²) in [6.45, 7) is 5.29. The van der Waals surface area contributed by atoms with Crippen LogP contribution in [0.15, 0.2) is 0 Å². The molecule has 2 aliphatic heterocycles. The second kappa shape index (κ2) is 10.7. The maximum Gasteiger partial charge on any atom is 0.225 e. The molecule has 0 radical (unpaired) electrons. The summed E-state index contributed by atoms with van der Waals surface area (Å²) in [6, 6.07) is 1.15. The Hall–Kier alpha value is -0.0300. The third kappa shape index (κ3) is 6.23. The van der Waals surface area contributed by atoms with Crippen LogP contribution in [0.3, 0.4) is 0 Å². The molecule has 4 nitrogen and oxygen atoms in total. The van der Waals surface area contributed by atoms with Crippen molar-refractivity contribution in [3.05, 3.63) is 0 Å². The van der Waals surface area contributed by atoms with Gasteiger partial charge in [-0.05, 0) is 59.2 Å². The molecular weight excluding hydrogens is 321 g/mol. The third-order valence-corrected chi connectivity index (χ3v) is 5.07. The number of piperidine rings is 2. The Morgan fingerprint density at radius 3 is 2.64 bits per heavy atom. The van der Waals surface area contributed by atoms with E-state index in [-0.39, 0.29) is 30.7 Å². The second-order valence-corrected chi connectivity index (χ2v) is 6.76. The van der Waals surface area contributed by atoms with Crippen molar-refractivity contribution in [3.8, 4) is 0 Å². The number of likely N-dealkylation sites (tertiary alicyclic amines) is 1. The first kappa shape index (κ1) is 22.0. The van der Waals surface area contributed by atoms with Crippen LogP contribution in [-0.4, -0.2) is 61.5 Å². The molecule has 2 aliphatic rings. The van der Waals surface area contributed by atoms with Crippen LogP contribution in [0.2, 0.25) is 0 Å². The van der Waals surface area contributed by atoms with Crippen molar-refractivity contribution in [1.82, 2.24) is 15.1 Å². The fraction of sp³-hybridized carbons (Fsp3) is 0.938. The van der Waals surface area contributed by atoms with Gasteiger partial charge in [-0.3, -0.25) is 4.79 Å². The predicted molar refractivity (Wildman–Crippen MR) is 97.2 cm³/mol. The summed E-state index contributed by atoms with van der Waals surface area (Å²) in [5.41, 5.74) is 0. The fourth-order valence-electron chi connectivity index (χ4n) is 3.63. The van der Waals surface area contributed by atoms with Crippen LogP contribution in [0.1, 0.15) is 45.4 Å². The molecule has 0 aliphatic carbocycles. The summed E-state index contributed by atoms with van der Waals surface area (Å²) in [5, 5.41) is 3.42. The monoisotopic (exact) mass is 353 g/mol. The highest BCUT2D eigenvalue weighted by Gasteiger charge is 2.27. The van der Waals surface area contributed by atoms with E-state index in [1.807, 2.05) is 11.9 Å². The van der Waals surface area contributed by atoms with Gasteiger partial charge in [-0.15, -0.1) is 24.8 Å². The summed E-state index contributed by atoms with van der Waals surface area (Å²) < 4.78 is 0.